The van der Waals surface area contributed by atoms with Crippen molar-refractivity contribution in [3.8, 4) is 11.5 Å². The summed E-state index contributed by atoms with van der Waals surface area (Å²) < 4.78 is 46.9. The van der Waals surface area contributed by atoms with E-state index in [2.05, 4.69) is 20.1 Å². The maximum atomic E-state index is 13.2. The second kappa shape index (κ2) is 9.11. The molecule has 3 heterocycles. The lowest BCUT2D eigenvalue weighted by molar-refractivity contribution is -0.138. The second-order valence-electron chi connectivity index (χ2n) is 10.1. The van der Waals surface area contributed by atoms with E-state index in [1.165, 1.54) is 12.1 Å². The van der Waals surface area contributed by atoms with Crippen molar-refractivity contribution in [3.63, 3.8) is 0 Å². The highest BCUT2D eigenvalue weighted by molar-refractivity contribution is 5.56. The van der Waals surface area contributed by atoms with Crippen molar-refractivity contribution in [2.45, 2.75) is 38.6 Å². The minimum Gasteiger partial charge on any atom is -0.380 e. The molecule has 1 atom stereocenters. The highest BCUT2D eigenvalue weighted by atomic mass is 19.4. The van der Waals surface area contributed by atoms with E-state index in [1.54, 1.807) is 24.3 Å². The first kappa shape index (κ1) is 25.2. The van der Waals surface area contributed by atoms with Gasteiger partial charge in [0.15, 0.2) is 5.82 Å². The molecule has 0 bridgehead atoms. The fourth-order valence-electron chi connectivity index (χ4n) is 5.29. The first-order valence-corrected chi connectivity index (χ1v) is 12.0. The predicted molar refractivity (Wildman–Crippen MR) is 130 cm³/mol. The van der Waals surface area contributed by atoms with Gasteiger partial charge in [-0.3, -0.25) is 4.68 Å². The summed E-state index contributed by atoms with van der Waals surface area (Å²) in [6, 6.07) is 13.8. The molecule has 194 valence electrons. The van der Waals surface area contributed by atoms with Crippen LogP contribution in [0.15, 0.2) is 65.3 Å². The average Bonchev–Trinajstić information content (AvgIpc) is 3.50. The topological polar surface area (TPSA) is 80.2 Å². The molecular formula is C27H28F3N5O2. The van der Waals surface area contributed by atoms with E-state index < -0.39 is 22.8 Å². The van der Waals surface area contributed by atoms with Gasteiger partial charge >= 0.3 is 6.18 Å². The van der Waals surface area contributed by atoms with Crippen molar-refractivity contribution in [1.29, 1.82) is 0 Å². The standard InChI is InChI=1S/C27H28F3N5O2/c1-18-11-13-35(32-18)14-12-23-31-24(37-33-23)19-5-4-6-22(15-19)26(36,25(2)16-34(3)17-25)20-7-9-21(10-8-20)27(28,29)30/h4-11,13,15,36H,12,14,16-17H2,1-3H3/t26-/m0/s1. The maximum absolute atomic E-state index is 13.2. The van der Waals surface area contributed by atoms with Gasteiger partial charge in [-0.2, -0.15) is 23.3 Å². The van der Waals surface area contributed by atoms with Crippen LogP contribution in [0, 0.1) is 12.3 Å². The summed E-state index contributed by atoms with van der Waals surface area (Å²) in [6.07, 6.45) is -2.03. The first-order chi connectivity index (χ1) is 17.5. The summed E-state index contributed by atoms with van der Waals surface area (Å²) >= 11 is 0. The molecule has 0 radical (unpaired) electrons. The Balaban J connectivity index is 1.47. The van der Waals surface area contributed by atoms with Crippen molar-refractivity contribution in [1.82, 2.24) is 24.8 Å². The Morgan fingerprint density at radius 3 is 2.35 bits per heavy atom. The quantitative estimate of drug-likeness (QED) is 0.388. The summed E-state index contributed by atoms with van der Waals surface area (Å²) in [5, 5.41) is 20.7. The van der Waals surface area contributed by atoms with Gasteiger partial charge in [-0.1, -0.05) is 36.3 Å². The normalized spacial score (nSPS) is 17.4. The highest BCUT2D eigenvalue weighted by Crippen LogP contribution is 2.50. The van der Waals surface area contributed by atoms with E-state index >= 15 is 0 Å². The van der Waals surface area contributed by atoms with E-state index in [9.17, 15) is 18.3 Å². The Labute approximate surface area is 212 Å². The third kappa shape index (κ3) is 4.67. The number of aliphatic hydroxyl groups is 1. The molecule has 1 N–H and O–H groups in total. The number of hydrogen-bond acceptors (Lipinski definition) is 6. The molecule has 1 aliphatic rings. The zero-order valence-electron chi connectivity index (χ0n) is 20.8. The Bertz CT molecular complexity index is 1390. The lowest BCUT2D eigenvalue weighted by atomic mass is 9.62. The van der Waals surface area contributed by atoms with Crippen LogP contribution >= 0.6 is 0 Å². The van der Waals surface area contributed by atoms with Gasteiger partial charge in [-0.15, -0.1) is 0 Å². The Morgan fingerprint density at radius 2 is 1.73 bits per heavy atom. The summed E-state index contributed by atoms with van der Waals surface area (Å²) in [5.41, 5.74) is -0.430. The zero-order chi connectivity index (χ0) is 26.4. The summed E-state index contributed by atoms with van der Waals surface area (Å²) in [5.74, 6) is 0.832. The van der Waals surface area contributed by atoms with Crippen LogP contribution in [0.1, 0.15) is 35.1 Å². The zero-order valence-corrected chi connectivity index (χ0v) is 20.8. The third-order valence-corrected chi connectivity index (χ3v) is 7.08. The SMILES string of the molecule is Cc1ccn(CCc2noc(-c3cccc([C@@](O)(c4ccc(C(F)(F)F)cc4)C4(C)CN(C)C4)c3)n2)n1. The lowest BCUT2D eigenvalue weighted by Gasteiger charge is -2.56. The van der Waals surface area contributed by atoms with E-state index in [4.69, 9.17) is 4.52 Å². The van der Waals surface area contributed by atoms with Gasteiger partial charge in [-0.05, 0) is 55.4 Å². The number of aromatic nitrogens is 4. The summed E-state index contributed by atoms with van der Waals surface area (Å²) in [7, 11) is 1.94. The van der Waals surface area contributed by atoms with E-state index in [0.717, 1.165) is 17.8 Å². The monoisotopic (exact) mass is 511 g/mol. The van der Waals surface area contributed by atoms with Crippen molar-refractivity contribution in [3.05, 3.63) is 89.0 Å². The van der Waals surface area contributed by atoms with E-state index in [1.807, 2.05) is 37.8 Å². The number of aryl methyl sites for hydroxylation is 3. The molecule has 1 fully saturated rings. The summed E-state index contributed by atoms with van der Waals surface area (Å²) in [6.45, 7) is 5.62. The van der Waals surface area contributed by atoms with Crippen LogP contribution in [0.4, 0.5) is 13.2 Å². The van der Waals surface area contributed by atoms with Crippen LogP contribution in [0.2, 0.25) is 0 Å². The van der Waals surface area contributed by atoms with Crippen LogP contribution in [-0.2, 0) is 24.7 Å². The first-order valence-electron chi connectivity index (χ1n) is 12.0. The van der Waals surface area contributed by atoms with Gasteiger partial charge in [0.2, 0.25) is 0 Å². The molecule has 2 aromatic carbocycles. The molecule has 4 aromatic rings. The second-order valence-corrected chi connectivity index (χ2v) is 10.1. The smallest absolute Gasteiger partial charge is 0.380 e. The number of alkyl halides is 3. The van der Waals surface area contributed by atoms with Crippen molar-refractivity contribution in [2.24, 2.45) is 5.41 Å². The number of halogens is 3. The molecule has 0 amide bonds. The number of likely N-dealkylation sites (tertiary alicyclic amines) is 1. The maximum Gasteiger partial charge on any atom is 0.416 e. The van der Waals surface area contributed by atoms with Crippen LogP contribution in [0.5, 0.6) is 0 Å². The molecule has 10 heteroatoms. The summed E-state index contributed by atoms with van der Waals surface area (Å²) in [4.78, 5) is 6.57. The molecular weight excluding hydrogens is 483 g/mol. The molecule has 7 nitrogen and oxygen atoms in total. The highest BCUT2D eigenvalue weighted by Gasteiger charge is 2.55. The van der Waals surface area contributed by atoms with Crippen LogP contribution in [0.3, 0.4) is 0 Å². The molecule has 0 spiro atoms. The van der Waals surface area contributed by atoms with Crippen molar-refractivity contribution in [2.75, 3.05) is 20.1 Å². The van der Waals surface area contributed by atoms with E-state index in [0.29, 0.717) is 54.5 Å². The number of hydrogen-bond donors (Lipinski definition) is 1. The Hall–Kier alpha value is -3.50. The van der Waals surface area contributed by atoms with Gasteiger partial charge in [0.05, 0.1) is 11.3 Å². The minimum atomic E-state index is -4.46. The molecule has 1 aliphatic heterocycles. The molecule has 1 saturated heterocycles. The van der Waals surface area contributed by atoms with Gasteiger partial charge in [0.1, 0.15) is 5.60 Å². The molecule has 5 rings (SSSR count). The average molecular weight is 512 g/mol. The molecule has 0 aliphatic carbocycles. The molecule has 2 aromatic heterocycles. The van der Waals surface area contributed by atoms with Crippen molar-refractivity contribution < 1.29 is 22.8 Å². The number of benzene rings is 2. The largest absolute Gasteiger partial charge is 0.416 e. The predicted octanol–water partition coefficient (Wildman–Crippen LogP) is 4.69. The molecule has 37 heavy (non-hydrogen) atoms. The fourth-order valence-corrected chi connectivity index (χ4v) is 5.29. The van der Waals surface area contributed by atoms with Gasteiger partial charge < -0.3 is 14.5 Å². The molecule has 0 unspecified atom stereocenters. The Kier molecular flexibility index (Phi) is 6.19. The van der Waals surface area contributed by atoms with Crippen LogP contribution < -0.4 is 0 Å². The number of nitrogens with zero attached hydrogens (tertiary/aromatic N) is 5. The minimum absolute atomic E-state index is 0.305. The number of rotatable bonds is 7. The van der Waals surface area contributed by atoms with Crippen molar-refractivity contribution >= 4 is 0 Å². The Morgan fingerprint density at radius 1 is 1.03 bits per heavy atom. The van der Waals surface area contributed by atoms with Gasteiger partial charge in [0, 0.05) is 43.2 Å². The van der Waals surface area contributed by atoms with Gasteiger partial charge in [0.25, 0.3) is 5.89 Å². The third-order valence-electron chi connectivity index (χ3n) is 7.08. The lowest BCUT2D eigenvalue weighted by Crippen LogP contribution is -2.63. The van der Waals surface area contributed by atoms with E-state index in [-0.39, 0.29) is 0 Å². The van der Waals surface area contributed by atoms with Crippen LogP contribution in [0.25, 0.3) is 11.5 Å². The molecule has 0 saturated carbocycles. The van der Waals surface area contributed by atoms with Crippen LogP contribution in [-0.4, -0.2) is 50.1 Å². The van der Waals surface area contributed by atoms with Gasteiger partial charge in [-0.25, -0.2) is 0 Å². The fraction of sp³-hybridized carbons (Fsp3) is 0.370.